The maximum absolute atomic E-state index is 14.9. The van der Waals surface area contributed by atoms with Crippen LogP contribution < -0.4 is 9.64 Å². The molecule has 0 saturated heterocycles. The van der Waals surface area contributed by atoms with Gasteiger partial charge in [-0.15, -0.1) is 0 Å². The average Bonchev–Trinajstić information content (AvgIpc) is 3.75. The molecule has 1 amide bonds. The lowest BCUT2D eigenvalue weighted by atomic mass is 9.98. The summed E-state index contributed by atoms with van der Waals surface area (Å²) in [6.45, 7) is 11.0. The summed E-state index contributed by atoms with van der Waals surface area (Å²) in [5.74, 6) is 0.208. The Labute approximate surface area is 300 Å². The fourth-order valence-electron chi connectivity index (χ4n) is 7.58. The van der Waals surface area contributed by atoms with E-state index in [-0.39, 0.29) is 11.9 Å². The van der Waals surface area contributed by atoms with Gasteiger partial charge in [0.15, 0.2) is 0 Å². The number of para-hydroxylation sites is 1. The average molecular weight is 713 g/mol. The highest BCUT2D eigenvalue weighted by atomic mass is 35.5. The molecule has 1 aliphatic rings. The summed E-state index contributed by atoms with van der Waals surface area (Å²) in [6.07, 6.45) is 2.91. The predicted octanol–water partition coefficient (Wildman–Crippen LogP) is 9.08. The third kappa shape index (κ3) is 5.34. The number of nitrogens with zero attached hydrogens (tertiary/aromatic N) is 4. The largest absolute Gasteiger partial charge is 0.494 e. The minimum Gasteiger partial charge on any atom is -0.494 e. The summed E-state index contributed by atoms with van der Waals surface area (Å²) in [5, 5.41) is 7.73. The number of benzene rings is 3. The van der Waals surface area contributed by atoms with Crippen LogP contribution in [0.25, 0.3) is 32.9 Å². The van der Waals surface area contributed by atoms with E-state index >= 15 is 0 Å². The molecule has 50 heavy (non-hydrogen) atoms. The standard InChI is InChI=1S/C39H39Cl2N5O4/c1-20-16-25(17-21(2)34(20)41)50-15-9-11-27-28-13-14-30(40)33(32-23(4)43-44(6)24(32)5)36(28)46-22(3)19-45(38(47)37(27)46)31-12-8-10-26-29(39(48)49-7)18-42-35(26)31/h8,10,12-14,16-18,22,42H,9,11,15,19H2,1-7H3/t22-/m1/s1. The van der Waals surface area contributed by atoms with E-state index in [0.29, 0.717) is 58.9 Å². The van der Waals surface area contributed by atoms with Gasteiger partial charge >= 0.3 is 5.97 Å². The van der Waals surface area contributed by atoms with Crippen LogP contribution in [0.5, 0.6) is 5.75 Å². The van der Waals surface area contributed by atoms with E-state index in [2.05, 4.69) is 16.5 Å². The zero-order valence-electron chi connectivity index (χ0n) is 29.2. The molecule has 0 bridgehead atoms. The van der Waals surface area contributed by atoms with Crippen LogP contribution in [0.4, 0.5) is 5.69 Å². The summed E-state index contributed by atoms with van der Waals surface area (Å²) in [4.78, 5) is 32.5. The monoisotopic (exact) mass is 711 g/mol. The first-order valence-electron chi connectivity index (χ1n) is 16.7. The quantitative estimate of drug-likeness (QED) is 0.126. The summed E-state index contributed by atoms with van der Waals surface area (Å²) >= 11 is 13.5. The van der Waals surface area contributed by atoms with Crippen molar-refractivity contribution in [1.29, 1.82) is 0 Å². The fourth-order valence-corrected chi connectivity index (χ4v) is 7.94. The lowest BCUT2D eigenvalue weighted by molar-refractivity contribution is 0.0603. The Balaban J connectivity index is 1.37. The SMILES string of the molecule is COC(=O)c1c[nH]c2c(N3C[C@@H](C)n4c(c(CCCOc5cc(C)c(Cl)c(C)c5)c5ccc(Cl)c(-c6c(C)nn(C)c6C)c54)C3=O)cccc12. The Bertz CT molecular complexity index is 2330. The van der Waals surface area contributed by atoms with E-state index in [1.54, 1.807) is 6.20 Å². The predicted molar refractivity (Wildman–Crippen MR) is 199 cm³/mol. The number of carbonyl (C=O) groups excluding carboxylic acids is 2. The maximum Gasteiger partial charge on any atom is 0.340 e. The van der Waals surface area contributed by atoms with Gasteiger partial charge in [0.05, 0.1) is 46.7 Å². The summed E-state index contributed by atoms with van der Waals surface area (Å²) < 4.78 is 15.3. The number of nitrogens with one attached hydrogen (secondary N) is 1. The zero-order valence-corrected chi connectivity index (χ0v) is 30.7. The van der Waals surface area contributed by atoms with Crippen molar-refractivity contribution in [3.8, 4) is 16.9 Å². The van der Waals surface area contributed by atoms with Crippen molar-refractivity contribution < 1.29 is 19.1 Å². The molecule has 0 aliphatic carbocycles. The number of carbonyl (C=O) groups is 2. The van der Waals surface area contributed by atoms with E-state index in [1.165, 1.54) is 7.11 Å². The number of anilines is 1. The number of esters is 1. The van der Waals surface area contributed by atoms with Crippen LogP contribution in [-0.4, -0.2) is 51.5 Å². The third-order valence-electron chi connectivity index (χ3n) is 9.95. The zero-order chi connectivity index (χ0) is 35.6. The molecule has 3 aromatic carbocycles. The Hall–Kier alpha value is -4.73. The molecule has 6 aromatic rings. The number of aryl methyl sites for hydroxylation is 5. The number of amides is 1. The van der Waals surface area contributed by atoms with Gasteiger partial charge in [-0.1, -0.05) is 41.4 Å². The Morgan fingerprint density at radius 1 is 1.04 bits per heavy atom. The topological polar surface area (TPSA) is 94.4 Å². The first kappa shape index (κ1) is 33.8. The molecule has 4 heterocycles. The van der Waals surface area contributed by atoms with Gasteiger partial charge in [-0.3, -0.25) is 9.48 Å². The molecule has 3 aromatic heterocycles. The Kier molecular flexibility index (Phi) is 8.68. The van der Waals surface area contributed by atoms with Gasteiger partial charge in [-0.2, -0.15) is 5.10 Å². The summed E-state index contributed by atoms with van der Waals surface area (Å²) in [5.41, 5.74) is 9.97. The number of fused-ring (bicyclic) bond motifs is 4. The number of hydrogen-bond donors (Lipinski definition) is 1. The molecule has 1 atom stereocenters. The van der Waals surface area contributed by atoms with E-state index < -0.39 is 5.97 Å². The van der Waals surface area contributed by atoms with Crippen LogP contribution >= 0.6 is 23.2 Å². The molecule has 11 heteroatoms. The van der Waals surface area contributed by atoms with Gasteiger partial charge in [-0.25, -0.2) is 4.79 Å². The number of hydrogen-bond acceptors (Lipinski definition) is 5. The molecule has 0 unspecified atom stereocenters. The molecule has 0 saturated carbocycles. The fraction of sp³-hybridized carbons (Fsp3) is 0.308. The molecule has 0 radical (unpaired) electrons. The maximum atomic E-state index is 14.9. The molecule has 0 fully saturated rings. The van der Waals surface area contributed by atoms with Crippen LogP contribution in [-0.2, 0) is 18.2 Å². The van der Waals surface area contributed by atoms with Crippen LogP contribution in [0, 0.1) is 27.7 Å². The smallest absolute Gasteiger partial charge is 0.340 e. The Morgan fingerprint density at radius 3 is 2.46 bits per heavy atom. The van der Waals surface area contributed by atoms with Crippen LogP contribution in [0.3, 0.4) is 0 Å². The van der Waals surface area contributed by atoms with Crippen LogP contribution in [0.1, 0.15) is 68.3 Å². The highest BCUT2D eigenvalue weighted by molar-refractivity contribution is 6.35. The number of methoxy groups -OCH3 is 1. The van der Waals surface area contributed by atoms with Gasteiger partial charge in [0, 0.05) is 58.4 Å². The van der Waals surface area contributed by atoms with Crippen molar-refractivity contribution in [1.82, 2.24) is 19.3 Å². The lowest BCUT2D eigenvalue weighted by Gasteiger charge is -2.34. The van der Waals surface area contributed by atoms with Crippen molar-refractivity contribution in [2.45, 2.75) is 53.5 Å². The minimum atomic E-state index is -0.439. The second-order valence-electron chi connectivity index (χ2n) is 13.2. The van der Waals surface area contributed by atoms with E-state index in [4.69, 9.17) is 37.8 Å². The highest BCUT2D eigenvalue weighted by Gasteiger charge is 2.37. The molecule has 1 aliphatic heterocycles. The number of aromatic nitrogens is 4. The Morgan fingerprint density at radius 2 is 1.78 bits per heavy atom. The number of aromatic amines is 1. The molecule has 0 spiro atoms. The highest BCUT2D eigenvalue weighted by Crippen LogP contribution is 2.45. The molecule has 7 rings (SSSR count). The molecule has 9 nitrogen and oxygen atoms in total. The molecular weight excluding hydrogens is 673 g/mol. The van der Waals surface area contributed by atoms with Crippen molar-refractivity contribution >= 4 is 62.6 Å². The molecule has 1 N–H and O–H groups in total. The van der Waals surface area contributed by atoms with Gasteiger partial charge in [0.2, 0.25) is 0 Å². The van der Waals surface area contributed by atoms with Crippen LogP contribution in [0.15, 0.2) is 48.7 Å². The van der Waals surface area contributed by atoms with Gasteiger partial charge < -0.3 is 23.9 Å². The second-order valence-corrected chi connectivity index (χ2v) is 14.0. The lowest BCUT2D eigenvalue weighted by Crippen LogP contribution is -2.42. The normalized spacial score (nSPS) is 14.5. The second kappa shape index (κ2) is 12.9. The third-order valence-corrected chi connectivity index (χ3v) is 10.9. The summed E-state index contributed by atoms with van der Waals surface area (Å²) in [6, 6.07) is 13.4. The van der Waals surface area contributed by atoms with Crippen molar-refractivity contribution in [3.63, 3.8) is 0 Å². The van der Waals surface area contributed by atoms with Gasteiger partial charge in [-0.05, 0) is 88.4 Å². The molecular formula is C39H39Cl2N5O4. The van der Waals surface area contributed by atoms with Crippen LogP contribution in [0.2, 0.25) is 10.0 Å². The number of rotatable bonds is 8. The first-order chi connectivity index (χ1) is 23.9. The van der Waals surface area contributed by atoms with E-state index in [1.807, 2.05) is 86.8 Å². The number of halogens is 2. The number of H-pyrrole nitrogens is 1. The minimum absolute atomic E-state index is 0.116. The van der Waals surface area contributed by atoms with Crippen molar-refractivity contribution in [2.24, 2.45) is 7.05 Å². The van der Waals surface area contributed by atoms with Crippen molar-refractivity contribution in [2.75, 3.05) is 25.2 Å². The van der Waals surface area contributed by atoms with E-state index in [0.717, 1.165) is 60.9 Å². The molecule has 258 valence electrons. The van der Waals surface area contributed by atoms with E-state index in [9.17, 15) is 9.59 Å². The first-order valence-corrected chi connectivity index (χ1v) is 17.4. The number of ether oxygens (including phenoxy) is 2. The van der Waals surface area contributed by atoms with Crippen molar-refractivity contribution in [3.05, 3.63) is 98.0 Å². The summed E-state index contributed by atoms with van der Waals surface area (Å²) in [7, 11) is 3.29. The van der Waals surface area contributed by atoms with Gasteiger partial charge in [0.1, 0.15) is 11.4 Å². The van der Waals surface area contributed by atoms with Gasteiger partial charge in [0.25, 0.3) is 5.91 Å².